The molecule has 0 aromatic heterocycles. The molecular weight excluding hydrogens is 176 g/mol. The van der Waals surface area contributed by atoms with Gasteiger partial charge in [-0.1, -0.05) is 26.2 Å². The number of carbonyl (C=O) groups excluding carboxylic acids is 1. The van der Waals surface area contributed by atoms with Gasteiger partial charge < -0.3 is 11.1 Å². The number of nitrogens with one attached hydrogen (secondary N) is 1. The van der Waals surface area contributed by atoms with Crippen LogP contribution in [-0.2, 0) is 4.79 Å². The molecule has 0 aliphatic heterocycles. The molecule has 0 bridgehead atoms. The zero-order valence-electron chi connectivity index (χ0n) is 9.25. The van der Waals surface area contributed by atoms with Crippen molar-refractivity contribution in [2.24, 2.45) is 11.7 Å². The van der Waals surface area contributed by atoms with Gasteiger partial charge in [-0.25, -0.2) is 0 Å². The van der Waals surface area contributed by atoms with Crippen molar-refractivity contribution >= 4 is 5.91 Å². The molecule has 3 N–H and O–H groups in total. The Morgan fingerprint density at radius 1 is 1.57 bits per heavy atom. The molecule has 3 nitrogen and oxygen atoms in total. The van der Waals surface area contributed by atoms with E-state index in [0.717, 1.165) is 25.2 Å². The highest BCUT2D eigenvalue weighted by Gasteiger charge is 2.24. The molecule has 1 rings (SSSR count). The number of nitrogens with two attached hydrogens (primary N) is 1. The van der Waals surface area contributed by atoms with E-state index < -0.39 is 0 Å². The van der Waals surface area contributed by atoms with Gasteiger partial charge in [0.2, 0.25) is 5.91 Å². The molecule has 0 saturated heterocycles. The van der Waals surface area contributed by atoms with Gasteiger partial charge in [0.1, 0.15) is 0 Å². The van der Waals surface area contributed by atoms with Crippen LogP contribution >= 0.6 is 0 Å². The molecule has 0 spiro atoms. The van der Waals surface area contributed by atoms with E-state index in [-0.39, 0.29) is 18.0 Å². The highest BCUT2D eigenvalue weighted by atomic mass is 16.2. The Bertz CT molecular complexity index is 190. The summed E-state index contributed by atoms with van der Waals surface area (Å²) in [5, 5.41) is 2.97. The van der Waals surface area contributed by atoms with E-state index in [0.29, 0.717) is 0 Å². The molecular formula is C11H22N2O. The van der Waals surface area contributed by atoms with E-state index in [4.69, 9.17) is 5.73 Å². The third kappa shape index (κ3) is 4.09. The van der Waals surface area contributed by atoms with Gasteiger partial charge in [0, 0.05) is 6.04 Å². The zero-order chi connectivity index (χ0) is 10.6. The van der Waals surface area contributed by atoms with Crippen molar-refractivity contribution < 1.29 is 4.79 Å². The molecule has 1 aliphatic rings. The van der Waals surface area contributed by atoms with Crippen LogP contribution in [-0.4, -0.2) is 18.0 Å². The lowest BCUT2D eigenvalue weighted by Crippen LogP contribution is -2.44. The van der Waals surface area contributed by atoms with Gasteiger partial charge in [0.15, 0.2) is 0 Å². The quantitative estimate of drug-likeness (QED) is 0.678. The Morgan fingerprint density at radius 3 is 2.71 bits per heavy atom. The average molecular weight is 198 g/mol. The van der Waals surface area contributed by atoms with Crippen molar-refractivity contribution in [1.82, 2.24) is 5.32 Å². The molecule has 2 atom stereocenters. The van der Waals surface area contributed by atoms with E-state index in [1.807, 2.05) is 6.92 Å². The van der Waals surface area contributed by atoms with Crippen LogP contribution in [0, 0.1) is 5.92 Å². The molecule has 3 heteroatoms. The van der Waals surface area contributed by atoms with E-state index in [2.05, 4.69) is 12.2 Å². The number of carbonyl (C=O) groups is 1. The SMILES string of the molecule is CCC[C@@H](N)C(=O)NC(C)CC1CC1. The lowest BCUT2D eigenvalue weighted by atomic mass is 10.1. The van der Waals surface area contributed by atoms with Gasteiger partial charge >= 0.3 is 0 Å². The maximum atomic E-state index is 11.5. The molecule has 1 aliphatic carbocycles. The molecule has 82 valence electrons. The highest BCUT2D eigenvalue weighted by Crippen LogP contribution is 2.33. The fraction of sp³-hybridized carbons (Fsp3) is 0.909. The summed E-state index contributed by atoms with van der Waals surface area (Å²) in [5.74, 6) is 0.868. The predicted molar refractivity (Wildman–Crippen MR) is 57.8 cm³/mol. The fourth-order valence-electron chi connectivity index (χ4n) is 1.70. The standard InChI is InChI=1S/C11H22N2O/c1-3-4-10(12)11(14)13-8(2)7-9-5-6-9/h8-10H,3-7,12H2,1-2H3,(H,13,14)/t8?,10-/m1/s1. The Hall–Kier alpha value is -0.570. The van der Waals surface area contributed by atoms with Crippen LogP contribution < -0.4 is 11.1 Å². The third-order valence-electron chi connectivity index (χ3n) is 2.71. The van der Waals surface area contributed by atoms with Gasteiger partial charge in [-0.05, 0) is 25.7 Å². The molecule has 14 heavy (non-hydrogen) atoms. The molecule has 1 amide bonds. The lowest BCUT2D eigenvalue weighted by molar-refractivity contribution is -0.123. The average Bonchev–Trinajstić information content (AvgIpc) is 2.88. The van der Waals surface area contributed by atoms with Crippen molar-refractivity contribution in [3.63, 3.8) is 0 Å². The molecule has 0 aromatic carbocycles. The Morgan fingerprint density at radius 2 is 2.21 bits per heavy atom. The monoisotopic (exact) mass is 198 g/mol. The van der Waals surface area contributed by atoms with Crippen molar-refractivity contribution in [3.05, 3.63) is 0 Å². The van der Waals surface area contributed by atoms with Gasteiger partial charge in [0.25, 0.3) is 0 Å². The van der Waals surface area contributed by atoms with Crippen LogP contribution in [0.25, 0.3) is 0 Å². The summed E-state index contributed by atoms with van der Waals surface area (Å²) in [4.78, 5) is 11.5. The molecule has 1 fully saturated rings. The van der Waals surface area contributed by atoms with E-state index in [1.165, 1.54) is 12.8 Å². The second kappa shape index (κ2) is 5.35. The van der Waals surface area contributed by atoms with Crippen molar-refractivity contribution in [2.45, 2.75) is 58.0 Å². The van der Waals surface area contributed by atoms with E-state index in [9.17, 15) is 4.79 Å². The Balaban J connectivity index is 2.16. The van der Waals surface area contributed by atoms with Gasteiger partial charge in [-0.15, -0.1) is 0 Å². The van der Waals surface area contributed by atoms with Crippen molar-refractivity contribution in [2.75, 3.05) is 0 Å². The first-order valence-corrected chi connectivity index (χ1v) is 5.69. The summed E-state index contributed by atoms with van der Waals surface area (Å²) in [5.41, 5.74) is 5.71. The number of hydrogen-bond acceptors (Lipinski definition) is 2. The third-order valence-corrected chi connectivity index (χ3v) is 2.71. The first kappa shape index (κ1) is 11.5. The Kier molecular flexibility index (Phi) is 4.39. The smallest absolute Gasteiger partial charge is 0.237 e. The second-order valence-corrected chi connectivity index (χ2v) is 4.48. The normalized spacial score (nSPS) is 20.2. The summed E-state index contributed by atoms with van der Waals surface area (Å²) in [6, 6.07) is -0.0282. The van der Waals surface area contributed by atoms with Gasteiger partial charge in [-0.2, -0.15) is 0 Å². The number of amides is 1. The summed E-state index contributed by atoms with van der Waals surface area (Å²) in [7, 11) is 0. The molecule has 0 aromatic rings. The van der Waals surface area contributed by atoms with Gasteiger partial charge in [-0.3, -0.25) is 4.79 Å². The Labute approximate surface area is 86.4 Å². The van der Waals surface area contributed by atoms with Crippen LogP contribution in [0.3, 0.4) is 0 Å². The molecule has 0 heterocycles. The van der Waals surface area contributed by atoms with Crippen molar-refractivity contribution in [3.8, 4) is 0 Å². The van der Waals surface area contributed by atoms with Crippen LogP contribution in [0.5, 0.6) is 0 Å². The van der Waals surface area contributed by atoms with Crippen LogP contribution in [0.1, 0.15) is 46.0 Å². The number of rotatable bonds is 6. The predicted octanol–water partition coefficient (Wildman–Crippen LogP) is 1.42. The van der Waals surface area contributed by atoms with Crippen LogP contribution in [0.15, 0.2) is 0 Å². The molecule has 1 unspecified atom stereocenters. The fourth-order valence-corrected chi connectivity index (χ4v) is 1.70. The largest absolute Gasteiger partial charge is 0.352 e. The summed E-state index contributed by atoms with van der Waals surface area (Å²) in [6.07, 6.45) is 5.53. The zero-order valence-corrected chi connectivity index (χ0v) is 9.25. The molecule has 1 saturated carbocycles. The maximum Gasteiger partial charge on any atom is 0.237 e. The highest BCUT2D eigenvalue weighted by molar-refractivity contribution is 5.81. The summed E-state index contributed by atoms with van der Waals surface area (Å²) < 4.78 is 0. The maximum absolute atomic E-state index is 11.5. The minimum absolute atomic E-state index is 0.0139. The van der Waals surface area contributed by atoms with Gasteiger partial charge in [0.05, 0.1) is 6.04 Å². The first-order chi connectivity index (χ1) is 6.63. The second-order valence-electron chi connectivity index (χ2n) is 4.48. The van der Waals surface area contributed by atoms with E-state index in [1.54, 1.807) is 0 Å². The topological polar surface area (TPSA) is 55.1 Å². The van der Waals surface area contributed by atoms with Crippen LogP contribution in [0.4, 0.5) is 0 Å². The van der Waals surface area contributed by atoms with E-state index >= 15 is 0 Å². The minimum Gasteiger partial charge on any atom is -0.352 e. The van der Waals surface area contributed by atoms with Crippen molar-refractivity contribution in [1.29, 1.82) is 0 Å². The first-order valence-electron chi connectivity index (χ1n) is 5.69. The number of hydrogen-bond donors (Lipinski definition) is 2. The van der Waals surface area contributed by atoms with Crippen LogP contribution in [0.2, 0.25) is 0 Å². The molecule has 0 radical (unpaired) electrons. The summed E-state index contributed by atoms with van der Waals surface area (Å²) in [6.45, 7) is 4.11. The lowest BCUT2D eigenvalue weighted by Gasteiger charge is -2.16. The summed E-state index contributed by atoms with van der Waals surface area (Å²) >= 11 is 0. The minimum atomic E-state index is -0.318.